The van der Waals surface area contributed by atoms with Gasteiger partial charge in [-0.1, -0.05) is 25.5 Å². The molecule has 2 aromatic rings. The highest BCUT2D eigenvalue weighted by atomic mass is 16.6. The minimum atomic E-state index is -1.05. The van der Waals surface area contributed by atoms with Crippen molar-refractivity contribution in [3.8, 4) is 6.01 Å². The van der Waals surface area contributed by atoms with Gasteiger partial charge in [0, 0.05) is 13.0 Å². The molecule has 2 amide bonds. The van der Waals surface area contributed by atoms with Crippen LogP contribution in [0.4, 0.5) is 4.79 Å². The van der Waals surface area contributed by atoms with Crippen LogP contribution in [0.15, 0.2) is 24.3 Å². The van der Waals surface area contributed by atoms with E-state index in [1.165, 1.54) is 12.0 Å². The van der Waals surface area contributed by atoms with Crippen LogP contribution in [0.25, 0.3) is 11.0 Å². The molecule has 0 bridgehead atoms. The number of benzene rings is 1. The zero-order valence-electron chi connectivity index (χ0n) is 21.9. The van der Waals surface area contributed by atoms with Gasteiger partial charge in [0.2, 0.25) is 5.91 Å². The van der Waals surface area contributed by atoms with Crippen LogP contribution in [-0.4, -0.2) is 69.4 Å². The highest BCUT2D eigenvalue weighted by Gasteiger charge is 2.62. The number of imidazole rings is 1. The van der Waals surface area contributed by atoms with E-state index in [2.05, 4.69) is 10.3 Å². The van der Waals surface area contributed by atoms with Crippen molar-refractivity contribution in [3.63, 3.8) is 0 Å². The number of likely N-dealkylation sites (tertiary alicyclic amines) is 1. The van der Waals surface area contributed by atoms with E-state index in [9.17, 15) is 14.4 Å². The van der Waals surface area contributed by atoms with Gasteiger partial charge in [-0.3, -0.25) is 14.3 Å². The number of ether oxygens (including phenoxy) is 3. The van der Waals surface area contributed by atoms with Gasteiger partial charge in [-0.25, -0.2) is 9.59 Å². The summed E-state index contributed by atoms with van der Waals surface area (Å²) in [6.07, 6.45) is 0.404. The fourth-order valence-corrected chi connectivity index (χ4v) is 5.01. The molecule has 10 nitrogen and oxygen atoms in total. The van der Waals surface area contributed by atoms with Gasteiger partial charge < -0.3 is 19.5 Å². The summed E-state index contributed by atoms with van der Waals surface area (Å²) in [6.45, 7) is 10.1. The number of para-hydroxylation sites is 2. The molecule has 196 valence electrons. The number of aryl methyl sites for hydroxylation is 1. The second-order valence-corrected chi connectivity index (χ2v) is 10.5. The lowest BCUT2D eigenvalue weighted by Crippen LogP contribution is -2.53. The number of methoxy groups -OCH3 is 1. The molecule has 0 spiro atoms. The number of fused-ring (bicyclic) bond motifs is 1. The van der Waals surface area contributed by atoms with Gasteiger partial charge in [0.1, 0.15) is 23.3 Å². The average Bonchev–Trinajstić information content (AvgIpc) is 3.19. The number of amides is 2. The fourth-order valence-electron chi connectivity index (χ4n) is 5.01. The van der Waals surface area contributed by atoms with Gasteiger partial charge in [-0.2, -0.15) is 4.98 Å². The standard InChI is InChI=1S/C26H36N4O6/c1-7-16-14-26(16,22(32)34-6)28-21(31)20-13-17(15-30(20)24(33)36-25(3,4)5)35-23-27-18-11-9-10-12-19(18)29(23)8-2/h9-12,16-17,20H,7-8,13-15H2,1-6H3,(H,28,31). The third-order valence-electron chi connectivity index (χ3n) is 6.90. The molecule has 4 atom stereocenters. The second-order valence-electron chi connectivity index (χ2n) is 10.5. The Morgan fingerprint density at radius 2 is 1.92 bits per heavy atom. The second kappa shape index (κ2) is 9.63. The number of nitrogens with zero attached hydrogens (tertiary/aromatic N) is 3. The fraction of sp³-hybridized carbons (Fsp3) is 0.615. The Balaban J connectivity index is 1.57. The highest BCUT2D eigenvalue weighted by molar-refractivity contribution is 5.94. The van der Waals surface area contributed by atoms with E-state index in [1.54, 1.807) is 20.8 Å². The van der Waals surface area contributed by atoms with E-state index in [1.807, 2.05) is 42.7 Å². The van der Waals surface area contributed by atoms with Crippen LogP contribution in [-0.2, 0) is 25.6 Å². The van der Waals surface area contributed by atoms with Crippen molar-refractivity contribution in [2.45, 2.75) is 83.7 Å². The van der Waals surface area contributed by atoms with Gasteiger partial charge in [-0.15, -0.1) is 0 Å². The van der Waals surface area contributed by atoms with E-state index in [0.29, 0.717) is 19.0 Å². The van der Waals surface area contributed by atoms with Crippen LogP contribution in [0.2, 0.25) is 0 Å². The van der Waals surface area contributed by atoms with E-state index in [4.69, 9.17) is 14.2 Å². The molecule has 1 aromatic carbocycles. The number of nitrogens with one attached hydrogen (secondary N) is 1. The molecule has 1 aromatic heterocycles. The molecule has 1 N–H and O–H groups in total. The minimum absolute atomic E-state index is 0.00166. The van der Waals surface area contributed by atoms with Crippen LogP contribution < -0.4 is 10.1 Å². The lowest BCUT2D eigenvalue weighted by molar-refractivity contribution is -0.147. The van der Waals surface area contributed by atoms with E-state index in [0.717, 1.165) is 17.5 Å². The molecule has 4 rings (SSSR count). The Morgan fingerprint density at radius 3 is 2.53 bits per heavy atom. The van der Waals surface area contributed by atoms with E-state index in [-0.39, 0.29) is 18.9 Å². The Bertz CT molecular complexity index is 1150. The smallest absolute Gasteiger partial charge is 0.411 e. The van der Waals surface area contributed by atoms with Gasteiger partial charge in [0.05, 0.1) is 24.7 Å². The maximum Gasteiger partial charge on any atom is 0.411 e. The molecule has 2 fully saturated rings. The molecule has 2 heterocycles. The summed E-state index contributed by atoms with van der Waals surface area (Å²) < 4.78 is 18.8. The third-order valence-corrected chi connectivity index (χ3v) is 6.90. The first-order valence-electron chi connectivity index (χ1n) is 12.5. The van der Waals surface area contributed by atoms with Crippen molar-refractivity contribution in [2.24, 2.45) is 5.92 Å². The summed E-state index contributed by atoms with van der Waals surface area (Å²) in [5.74, 6) is -0.881. The first-order valence-corrected chi connectivity index (χ1v) is 12.5. The summed E-state index contributed by atoms with van der Waals surface area (Å²) in [5, 5.41) is 2.90. The topological polar surface area (TPSA) is 112 Å². The van der Waals surface area contributed by atoms with Crippen molar-refractivity contribution in [3.05, 3.63) is 24.3 Å². The molecule has 1 saturated carbocycles. The normalized spacial score (nSPS) is 25.5. The predicted octanol–water partition coefficient (Wildman–Crippen LogP) is 3.27. The number of esters is 1. The van der Waals surface area contributed by atoms with E-state index < -0.39 is 41.3 Å². The Kier molecular flexibility index (Phi) is 6.90. The molecule has 4 unspecified atom stereocenters. The zero-order valence-corrected chi connectivity index (χ0v) is 21.9. The zero-order chi connectivity index (χ0) is 26.3. The number of aromatic nitrogens is 2. The Hall–Kier alpha value is -3.30. The van der Waals surface area contributed by atoms with Crippen LogP contribution in [0.1, 0.15) is 53.9 Å². The van der Waals surface area contributed by atoms with E-state index >= 15 is 0 Å². The largest absolute Gasteiger partial charge is 0.467 e. The molecule has 1 aliphatic carbocycles. The van der Waals surface area contributed by atoms with Crippen molar-refractivity contribution in [1.82, 2.24) is 19.8 Å². The SMILES string of the molecule is CCC1CC1(NC(=O)C1CC(Oc2nc3ccccc3n2CC)CN1C(=O)OC(C)(C)C)C(=O)OC. The molecule has 1 aliphatic heterocycles. The van der Waals surface area contributed by atoms with Crippen molar-refractivity contribution in [1.29, 1.82) is 0 Å². The lowest BCUT2D eigenvalue weighted by atomic mass is 10.1. The Labute approximate surface area is 211 Å². The van der Waals surface area contributed by atoms with Gasteiger partial charge in [0.15, 0.2) is 0 Å². The number of carbonyl (C=O) groups is 3. The molecular formula is C26H36N4O6. The summed E-state index contributed by atoms with van der Waals surface area (Å²) in [6, 6.07) is 7.33. The number of carbonyl (C=O) groups excluding carboxylic acids is 3. The minimum Gasteiger partial charge on any atom is -0.467 e. The van der Waals surface area contributed by atoms with Crippen LogP contribution in [0, 0.1) is 5.92 Å². The van der Waals surface area contributed by atoms with Crippen LogP contribution in [0.5, 0.6) is 6.01 Å². The molecule has 0 radical (unpaired) electrons. The van der Waals surface area contributed by atoms with Crippen molar-refractivity contribution >= 4 is 29.0 Å². The van der Waals surface area contributed by atoms with Gasteiger partial charge in [-0.05, 0) is 52.2 Å². The van der Waals surface area contributed by atoms with Crippen molar-refractivity contribution in [2.75, 3.05) is 13.7 Å². The summed E-state index contributed by atoms with van der Waals surface area (Å²) in [5.41, 5.74) is -0.0183. The molecule has 1 saturated heterocycles. The number of hydrogen-bond acceptors (Lipinski definition) is 7. The summed E-state index contributed by atoms with van der Waals surface area (Å²) in [4.78, 5) is 45.1. The van der Waals surface area contributed by atoms with Gasteiger partial charge in [0.25, 0.3) is 6.01 Å². The number of hydrogen-bond donors (Lipinski definition) is 1. The lowest BCUT2D eigenvalue weighted by Gasteiger charge is -2.28. The van der Waals surface area contributed by atoms with Crippen LogP contribution in [0.3, 0.4) is 0 Å². The number of rotatable bonds is 7. The van der Waals surface area contributed by atoms with Crippen molar-refractivity contribution < 1.29 is 28.6 Å². The summed E-state index contributed by atoms with van der Waals surface area (Å²) in [7, 11) is 1.31. The predicted molar refractivity (Wildman–Crippen MR) is 132 cm³/mol. The first-order chi connectivity index (χ1) is 17.0. The Morgan fingerprint density at radius 1 is 1.19 bits per heavy atom. The average molecular weight is 501 g/mol. The monoisotopic (exact) mass is 500 g/mol. The molecule has 10 heteroatoms. The molecular weight excluding hydrogens is 464 g/mol. The molecule has 2 aliphatic rings. The first kappa shape index (κ1) is 25.8. The van der Waals surface area contributed by atoms with Crippen LogP contribution >= 0.6 is 0 Å². The highest BCUT2D eigenvalue weighted by Crippen LogP contribution is 2.47. The van der Waals surface area contributed by atoms with Gasteiger partial charge >= 0.3 is 12.1 Å². The third kappa shape index (κ3) is 4.85. The molecule has 36 heavy (non-hydrogen) atoms. The summed E-state index contributed by atoms with van der Waals surface area (Å²) >= 11 is 0. The quantitative estimate of drug-likeness (QED) is 0.581. The maximum atomic E-state index is 13.5. The maximum absolute atomic E-state index is 13.5.